The molecule has 2 aromatic heterocycles. The van der Waals surface area contributed by atoms with Crippen LogP contribution < -0.4 is 0 Å². The van der Waals surface area contributed by atoms with Crippen LogP contribution in [0.4, 0.5) is 0 Å². The molecule has 4 aromatic rings. The van der Waals surface area contributed by atoms with E-state index >= 15 is 0 Å². The van der Waals surface area contributed by atoms with Crippen LogP contribution in [0.3, 0.4) is 0 Å². The Bertz CT molecular complexity index is 1320. The summed E-state index contributed by atoms with van der Waals surface area (Å²) in [4.78, 5) is 19.7. The Hall–Kier alpha value is -2.37. The topological polar surface area (TPSA) is 50.2 Å². The van der Waals surface area contributed by atoms with E-state index in [1.807, 2.05) is 23.9 Å². The number of thiophene rings is 1. The molecule has 0 aliphatic heterocycles. The van der Waals surface area contributed by atoms with E-state index in [1.54, 1.807) is 17.4 Å². The van der Waals surface area contributed by atoms with Crippen LogP contribution in [0.1, 0.15) is 60.5 Å². The number of benzene rings is 2. The highest BCUT2D eigenvalue weighted by atomic mass is 32.2. The van der Waals surface area contributed by atoms with E-state index in [-0.39, 0.29) is 0 Å². The molecule has 2 aromatic carbocycles. The number of thioether (sulfide) groups is 1. The van der Waals surface area contributed by atoms with Crippen LogP contribution in [-0.2, 0) is 6.42 Å². The molecule has 1 aliphatic rings. The number of hydrogen-bond acceptors (Lipinski definition) is 4. The van der Waals surface area contributed by atoms with Gasteiger partial charge in [0, 0.05) is 20.2 Å². The van der Waals surface area contributed by atoms with Crippen molar-refractivity contribution in [2.24, 2.45) is 0 Å². The first-order valence-electron chi connectivity index (χ1n) is 11.4. The van der Waals surface area contributed by atoms with E-state index < -0.39 is 5.97 Å². The van der Waals surface area contributed by atoms with Crippen LogP contribution in [0, 0.1) is 6.92 Å². The fourth-order valence-corrected chi connectivity index (χ4v) is 7.38. The number of aryl methyl sites for hydroxylation is 2. The zero-order valence-electron chi connectivity index (χ0n) is 18.5. The first-order valence-corrected chi connectivity index (χ1v) is 13.1. The number of aromatic nitrogens is 1. The summed E-state index contributed by atoms with van der Waals surface area (Å²) in [5.74, 6) is -0.879. The minimum absolute atomic E-state index is 0.371. The van der Waals surface area contributed by atoms with Crippen molar-refractivity contribution < 1.29 is 9.90 Å². The lowest BCUT2D eigenvalue weighted by Gasteiger charge is -2.22. The number of carboxylic acids is 1. The van der Waals surface area contributed by atoms with Gasteiger partial charge in [-0.2, -0.15) is 0 Å². The van der Waals surface area contributed by atoms with Crippen LogP contribution in [0.2, 0.25) is 0 Å². The minimum Gasteiger partial charge on any atom is -0.478 e. The van der Waals surface area contributed by atoms with E-state index in [9.17, 15) is 9.90 Å². The highest BCUT2D eigenvalue weighted by Gasteiger charge is 2.23. The highest BCUT2D eigenvalue weighted by Crippen LogP contribution is 2.42. The molecule has 164 valence electrons. The SMILES string of the molecule is CCc1ccc(SC2CCCCC2)c2c(C(=O)O)cc(-c3sc4ccccc4c3C)nc12. The Balaban J connectivity index is 1.73. The Labute approximate surface area is 196 Å². The maximum atomic E-state index is 12.5. The van der Waals surface area contributed by atoms with Crippen molar-refractivity contribution in [3.63, 3.8) is 0 Å². The van der Waals surface area contributed by atoms with Crippen molar-refractivity contribution in [1.82, 2.24) is 4.98 Å². The lowest BCUT2D eigenvalue weighted by molar-refractivity contribution is 0.0699. The van der Waals surface area contributed by atoms with Crippen LogP contribution >= 0.6 is 23.1 Å². The molecule has 1 aliphatic carbocycles. The number of carboxylic acid groups (broad SMARTS) is 1. The van der Waals surface area contributed by atoms with Crippen LogP contribution in [0.5, 0.6) is 0 Å². The summed E-state index contributed by atoms with van der Waals surface area (Å²) < 4.78 is 1.20. The number of pyridine rings is 1. The van der Waals surface area contributed by atoms with Gasteiger partial charge in [0.15, 0.2) is 0 Å². The van der Waals surface area contributed by atoms with Gasteiger partial charge in [0.25, 0.3) is 0 Å². The van der Waals surface area contributed by atoms with Gasteiger partial charge in [-0.25, -0.2) is 9.78 Å². The summed E-state index contributed by atoms with van der Waals surface area (Å²) in [5, 5.41) is 12.8. The molecule has 0 atom stereocenters. The largest absolute Gasteiger partial charge is 0.478 e. The third kappa shape index (κ3) is 3.82. The Morgan fingerprint density at radius 1 is 1.16 bits per heavy atom. The molecular weight excluding hydrogens is 434 g/mol. The van der Waals surface area contributed by atoms with Gasteiger partial charge in [0.05, 0.1) is 21.7 Å². The Morgan fingerprint density at radius 2 is 1.94 bits per heavy atom. The van der Waals surface area contributed by atoms with Crippen LogP contribution in [-0.4, -0.2) is 21.3 Å². The lowest BCUT2D eigenvalue weighted by Crippen LogP contribution is -2.09. The summed E-state index contributed by atoms with van der Waals surface area (Å²) in [6.07, 6.45) is 7.08. The zero-order chi connectivity index (χ0) is 22.2. The van der Waals surface area contributed by atoms with Gasteiger partial charge < -0.3 is 5.11 Å². The molecule has 0 saturated heterocycles. The summed E-state index contributed by atoms with van der Waals surface area (Å²) in [6.45, 7) is 4.22. The molecule has 1 N–H and O–H groups in total. The Kier molecular flexibility index (Phi) is 5.95. The van der Waals surface area contributed by atoms with Gasteiger partial charge in [-0.3, -0.25) is 0 Å². The first-order chi connectivity index (χ1) is 15.6. The van der Waals surface area contributed by atoms with E-state index in [0.29, 0.717) is 10.8 Å². The van der Waals surface area contributed by atoms with Gasteiger partial charge in [-0.1, -0.05) is 50.5 Å². The maximum Gasteiger partial charge on any atom is 0.336 e. The molecule has 0 radical (unpaired) electrons. The molecule has 0 spiro atoms. The molecule has 1 saturated carbocycles. The van der Waals surface area contributed by atoms with Crippen molar-refractivity contribution in [1.29, 1.82) is 0 Å². The third-order valence-corrected chi connectivity index (χ3v) is 9.23. The molecule has 1 fully saturated rings. The standard InChI is InChI=1S/C27H27NO2S2/c1-3-17-13-14-23(31-18-9-5-4-6-10-18)24-20(27(29)30)15-21(28-25(17)24)26-16(2)19-11-7-8-12-22(19)32-26/h7-8,11-15,18H,3-6,9-10H2,1-2H3,(H,29,30). The second-order valence-corrected chi connectivity index (χ2v) is 11.0. The van der Waals surface area contributed by atoms with Gasteiger partial charge in [-0.15, -0.1) is 23.1 Å². The zero-order valence-corrected chi connectivity index (χ0v) is 20.1. The van der Waals surface area contributed by atoms with Crippen molar-refractivity contribution in [3.8, 4) is 10.6 Å². The summed E-state index contributed by atoms with van der Waals surface area (Å²) >= 11 is 3.54. The monoisotopic (exact) mass is 461 g/mol. The Morgan fingerprint density at radius 3 is 2.66 bits per heavy atom. The number of aromatic carboxylic acids is 1. The molecular formula is C27H27NO2S2. The molecule has 3 nitrogen and oxygen atoms in total. The average Bonchev–Trinajstić information content (AvgIpc) is 3.16. The minimum atomic E-state index is -0.879. The van der Waals surface area contributed by atoms with E-state index in [2.05, 4.69) is 38.1 Å². The predicted molar refractivity (Wildman–Crippen MR) is 136 cm³/mol. The quantitative estimate of drug-likeness (QED) is 0.326. The smallest absolute Gasteiger partial charge is 0.336 e. The van der Waals surface area contributed by atoms with E-state index in [4.69, 9.17) is 4.98 Å². The van der Waals surface area contributed by atoms with Crippen molar-refractivity contribution in [3.05, 3.63) is 59.2 Å². The summed E-state index contributed by atoms with van der Waals surface area (Å²) in [6, 6.07) is 14.4. The van der Waals surface area contributed by atoms with Gasteiger partial charge >= 0.3 is 5.97 Å². The van der Waals surface area contributed by atoms with Gasteiger partial charge in [0.2, 0.25) is 0 Å². The fourth-order valence-electron chi connectivity index (χ4n) is 4.82. The number of rotatable bonds is 5. The molecule has 5 rings (SSSR count). The van der Waals surface area contributed by atoms with Crippen LogP contribution in [0.15, 0.2) is 47.4 Å². The van der Waals surface area contributed by atoms with Crippen molar-refractivity contribution in [2.75, 3.05) is 0 Å². The van der Waals surface area contributed by atoms with Crippen molar-refractivity contribution >= 4 is 50.1 Å². The number of hydrogen-bond donors (Lipinski definition) is 1. The molecule has 5 heteroatoms. The first kappa shape index (κ1) is 21.5. The van der Waals surface area contributed by atoms with E-state index in [0.717, 1.165) is 38.4 Å². The van der Waals surface area contributed by atoms with E-state index in [1.165, 1.54) is 47.8 Å². The van der Waals surface area contributed by atoms with Gasteiger partial charge in [-0.05, 0) is 60.9 Å². The maximum absolute atomic E-state index is 12.5. The lowest BCUT2D eigenvalue weighted by atomic mass is 10.0. The predicted octanol–water partition coefficient (Wildman–Crippen LogP) is 8.11. The number of nitrogens with zero attached hydrogens (tertiary/aromatic N) is 1. The van der Waals surface area contributed by atoms with Crippen LogP contribution in [0.25, 0.3) is 31.6 Å². The third-order valence-electron chi connectivity index (χ3n) is 6.54. The molecule has 0 amide bonds. The van der Waals surface area contributed by atoms with Gasteiger partial charge in [0.1, 0.15) is 0 Å². The molecule has 0 unspecified atom stereocenters. The summed E-state index contributed by atoms with van der Waals surface area (Å²) in [7, 11) is 0. The van der Waals surface area contributed by atoms with Crippen molar-refractivity contribution in [2.45, 2.75) is 62.5 Å². The normalized spacial score (nSPS) is 14.9. The molecule has 32 heavy (non-hydrogen) atoms. The highest BCUT2D eigenvalue weighted by molar-refractivity contribution is 8.00. The fraction of sp³-hybridized carbons (Fsp3) is 0.333. The second kappa shape index (κ2) is 8.87. The molecule has 0 bridgehead atoms. The second-order valence-electron chi connectivity index (χ2n) is 8.59. The summed E-state index contributed by atoms with van der Waals surface area (Å²) in [5.41, 5.74) is 4.26. The number of carbonyl (C=O) groups is 1. The molecule has 2 heterocycles. The average molecular weight is 462 g/mol. The number of fused-ring (bicyclic) bond motifs is 2.